The molecule has 10 heteroatoms. The molecule has 2 aliphatic heterocycles. The summed E-state index contributed by atoms with van der Waals surface area (Å²) in [6.07, 6.45) is 0.659. The Bertz CT molecular complexity index is 1160. The van der Waals surface area contributed by atoms with Gasteiger partial charge in [0.1, 0.15) is 22.1 Å². The van der Waals surface area contributed by atoms with Gasteiger partial charge in [-0.3, -0.25) is 4.79 Å². The van der Waals surface area contributed by atoms with Crippen molar-refractivity contribution in [1.29, 1.82) is 0 Å². The standard InChI is InChI=1S/C22H26N6O2S.CH4O/c1-11-8-28(9-16(11)23)17-6-4-13-7-14(10-30-21(13)27-17)26-20(29)19-18(24)15-5-3-12(2)25-22(15)31-19;1-2/h3-6,11,14,16H,7-10,23-24H2,1-2H3,(H,26,29);2H,1H3. The lowest BCUT2D eigenvalue weighted by atomic mass is 10.1. The fraction of sp³-hybridized carbons (Fsp3) is 0.435. The van der Waals surface area contributed by atoms with E-state index in [9.17, 15) is 4.79 Å². The lowest BCUT2D eigenvalue weighted by molar-refractivity contribution is 0.0918. The predicted octanol–water partition coefficient (Wildman–Crippen LogP) is 1.71. The summed E-state index contributed by atoms with van der Waals surface area (Å²) in [6.45, 7) is 6.15. The molecule has 0 radical (unpaired) electrons. The number of thiophene rings is 1. The summed E-state index contributed by atoms with van der Waals surface area (Å²) < 4.78 is 5.91. The Labute approximate surface area is 196 Å². The van der Waals surface area contributed by atoms with E-state index in [0.717, 1.165) is 47.5 Å². The van der Waals surface area contributed by atoms with Crippen molar-refractivity contribution in [1.82, 2.24) is 15.3 Å². The first-order chi connectivity index (χ1) is 15.9. The van der Waals surface area contributed by atoms with E-state index >= 15 is 0 Å². The molecular formula is C23H30N6O3S. The number of ether oxygens (including phenoxy) is 1. The van der Waals surface area contributed by atoms with Gasteiger partial charge >= 0.3 is 0 Å². The normalized spacial score (nSPS) is 21.7. The van der Waals surface area contributed by atoms with E-state index in [-0.39, 0.29) is 18.0 Å². The van der Waals surface area contributed by atoms with Crippen molar-refractivity contribution in [3.63, 3.8) is 0 Å². The molecule has 0 aliphatic carbocycles. The molecule has 1 saturated heterocycles. The summed E-state index contributed by atoms with van der Waals surface area (Å²) in [5.41, 5.74) is 14.7. The first-order valence-corrected chi connectivity index (χ1v) is 11.7. The van der Waals surface area contributed by atoms with Gasteiger partial charge in [0.2, 0.25) is 5.88 Å². The molecule has 0 aromatic carbocycles. The molecule has 1 fully saturated rings. The van der Waals surface area contributed by atoms with Gasteiger partial charge in [0.15, 0.2) is 0 Å². The van der Waals surface area contributed by atoms with Crippen LogP contribution < -0.4 is 26.4 Å². The number of rotatable bonds is 3. The maximum Gasteiger partial charge on any atom is 0.263 e. The molecule has 3 aromatic heterocycles. The van der Waals surface area contributed by atoms with Crippen molar-refractivity contribution in [3.8, 4) is 5.88 Å². The molecule has 3 unspecified atom stereocenters. The number of fused-ring (bicyclic) bond motifs is 2. The average molecular weight is 471 g/mol. The molecule has 0 bridgehead atoms. The van der Waals surface area contributed by atoms with Crippen LogP contribution in [0.5, 0.6) is 5.88 Å². The second-order valence-electron chi connectivity index (χ2n) is 8.52. The van der Waals surface area contributed by atoms with Crippen molar-refractivity contribution < 1.29 is 14.6 Å². The van der Waals surface area contributed by atoms with Crippen LogP contribution >= 0.6 is 11.3 Å². The van der Waals surface area contributed by atoms with Crippen molar-refractivity contribution in [2.24, 2.45) is 11.7 Å². The van der Waals surface area contributed by atoms with E-state index in [0.29, 0.717) is 35.4 Å². The second-order valence-corrected chi connectivity index (χ2v) is 9.51. The molecule has 176 valence electrons. The number of carbonyl (C=O) groups is 1. The summed E-state index contributed by atoms with van der Waals surface area (Å²) in [5.74, 6) is 1.78. The zero-order valence-electron chi connectivity index (χ0n) is 19.0. The molecule has 0 saturated carbocycles. The molecule has 5 rings (SSSR count). The Morgan fingerprint density at radius 3 is 2.76 bits per heavy atom. The number of nitrogens with one attached hydrogen (secondary N) is 1. The van der Waals surface area contributed by atoms with Crippen molar-refractivity contribution in [2.45, 2.75) is 32.4 Å². The number of aliphatic hydroxyl groups is 1. The van der Waals surface area contributed by atoms with Crippen LogP contribution in [0.1, 0.15) is 27.9 Å². The van der Waals surface area contributed by atoms with Crippen LogP contribution in [0.2, 0.25) is 0 Å². The third kappa shape index (κ3) is 4.59. The number of aliphatic hydroxyl groups excluding tert-OH is 1. The highest BCUT2D eigenvalue weighted by Gasteiger charge is 2.29. The quantitative estimate of drug-likeness (QED) is 0.454. The summed E-state index contributed by atoms with van der Waals surface area (Å²) in [6, 6.07) is 7.87. The molecular weight excluding hydrogens is 440 g/mol. The Hall–Kier alpha value is -2.95. The number of pyridine rings is 2. The van der Waals surface area contributed by atoms with Gasteiger partial charge in [0.25, 0.3) is 5.91 Å². The van der Waals surface area contributed by atoms with Gasteiger partial charge in [-0.15, -0.1) is 11.3 Å². The molecule has 9 nitrogen and oxygen atoms in total. The van der Waals surface area contributed by atoms with Gasteiger partial charge in [-0.1, -0.05) is 6.92 Å². The molecule has 2 aliphatic rings. The monoisotopic (exact) mass is 470 g/mol. The number of nitrogens with zero attached hydrogens (tertiary/aromatic N) is 3. The van der Waals surface area contributed by atoms with E-state index in [1.807, 2.05) is 31.2 Å². The Kier molecular flexibility index (Phi) is 6.68. The lowest BCUT2D eigenvalue weighted by Gasteiger charge is -2.27. The van der Waals surface area contributed by atoms with Crippen LogP contribution in [-0.4, -0.2) is 59.9 Å². The topological polar surface area (TPSA) is 140 Å². The van der Waals surface area contributed by atoms with E-state index in [1.54, 1.807) is 0 Å². The highest BCUT2D eigenvalue weighted by Crippen LogP contribution is 2.33. The third-order valence-electron chi connectivity index (χ3n) is 6.08. The van der Waals surface area contributed by atoms with Gasteiger partial charge in [0, 0.05) is 49.3 Å². The summed E-state index contributed by atoms with van der Waals surface area (Å²) >= 11 is 1.32. The van der Waals surface area contributed by atoms with Crippen molar-refractivity contribution >= 4 is 39.0 Å². The van der Waals surface area contributed by atoms with E-state index in [1.165, 1.54) is 11.3 Å². The number of hydrogen-bond acceptors (Lipinski definition) is 9. The molecule has 3 atom stereocenters. The van der Waals surface area contributed by atoms with E-state index in [4.69, 9.17) is 26.3 Å². The molecule has 5 heterocycles. The first kappa shape index (κ1) is 23.2. The van der Waals surface area contributed by atoms with Crippen LogP contribution in [-0.2, 0) is 6.42 Å². The number of aryl methyl sites for hydroxylation is 1. The second kappa shape index (κ2) is 9.50. The minimum atomic E-state index is -0.195. The molecule has 0 spiro atoms. The van der Waals surface area contributed by atoms with Gasteiger partial charge in [0.05, 0.1) is 11.7 Å². The number of nitrogen functional groups attached to an aromatic ring is 1. The van der Waals surface area contributed by atoms with Gasteiger partial charge in [-0.25, -0.2) is 4.98 Å². The van der Waals surface area contributed by atoms with Crippen LogP contribution in [0, 0.1) is 12.8 Å². The predicted molar refractivity (Wildman–Crippen MR) is 131 cm³/mol. The minimum Gasteiger partial charge on any atom is -0.475 e. The first-order valence-electron chi connectivity index (χ1n) is 10.9. The highest BCUT2D eigenvalue weighted by molar-refractivity contribution is 7.21. The number of carbonyl (C=O) groups excluding carboxylic acids is 1. The zero-order chi connectivity index (χ0) is 23.7. The minimum absolute atomic E-state index is 0.146. The molecule has 6 N–H and O–H groups in total. The number of amides is 1. The number of nitrogens with two attached hydrogens (primary N) is 2. The smallest absolute Gasteiger partial charge is 0.263 e. The van der Waals surface area contributed by atoms with Gasteiger partial charge in [-0.05, 0) is 37.1 Å². The van der Waals surface area contributed by atoms with Crippen LogP contribution in [0.15, 0.2) is 24.3 Å². The highest BCUT2D eigenvalue weighted by atomic mass is 32.1. The molecule has 3 aromatic rings. The fourth-order valence-corrected chi connectivity index (χ4v) is 5.24. The van der Waals surface area contributed by atoms with Crippen LogP contribution in [0.25, 0.3) is 10.2 Å². The number of anilines is 2. The largest absolute Gasteiger partial charge is 0.475 e. The summed E-state index contributed by atoms with van der Waals surface area (Å²) in [5, 5.41) is 10.9. The van der Waals surface area contributed by atoms with Crippen molar-refractivity contribution in [3.05, 3.63) is 40.4 Å². The van der Waals surface area contributed by atoms with Crippen molar-refractivity contribution in [2.75, 3.05) is 37.4 Å². The summed E-state index contributed by atoms with van der Waals surface area (Å²) in [4.78, 5) is 25.5. The molecule has 1 amide bonds. The maximum atomic E-state index is 12.9. The molecule has 33 heavy (non-hydrogen) atoms. The summed E-state index contributed by atoms with van der Waals surface area (Å²) in [7, 11) is 1.00. The SMILES string of the molecule is CO.Cc1ccc2c(N)c(C(=O)NC3COc4nc(N5CC(C)C(N)C5)ccc4C3)sc2n1. The average Bonchev–Trinajstić information content (AvgIpc) is 3.33. The maximum absolute atomic E-state index is 12.9. The number of hydrogen-bond donors (Lipinski definition) is 4. The van der Waals surface area contributed by atoms with Gasteiger partial charge in [-0.2, -0.15) is 4.98 Å². The Morgan fingerprint density at radius 1 is 1.24 bits per heavy atom. The fourth-order valence-electron chi connectivity index (χ4n) is 4.20. The Balaban J connectivity index is 0.00000126. The van der Waals surface area contributed by atoms with Gasteiger partial charge < -0.3 is 31.5 Å². The Morgan fingerprint density at radius 2 is 2.03 bits per heavy atom. The zero-order valence-corrected chi connectivity index (χ0v) is 19.9. The third-order valence-corrected chi connectivity index (χ3v) is 7.19. The lowest BCUT2D eigenvalue weighted by Crippen LogP contribution is -2.43. The van der Waals surface area contributed by atoms with E-state index < -0.39 is 0 Å². The number of aromatic nitrogens is 2. The van der Waals surface area contributed by atoms with E-state index in [2.05, 4.69) is 22.1 Å². The van der Waals surface area contributed by atoms with Crippen LogP contribution in [0.4, 0.5) is 11.5 Å². The van der Waals surface area contributed by atoms with Crippen LogP contribution in [0.3, 0.4) is 0 Å².